The van der Waals surface area contributed by atoms with Crippen LogP contribution in [0.2, 0.25) is 0 Å². The largest absolute Gasteiger partial charge is 0.389 e. The van der Waals surface area contributed by atoms with E-state index in [0.717, 1.165) is 12.1 Å². The Morgan fingerprint density at radius 2 is 1.95 bits per heavy atom. The van der Waals surface area contributed by atoms with E-state index in [1.807, 2.05) is 11.8 Å². The van der Waals surface area contributed by atoms with Gasteiger partial charge in [-0.1, -0.05) is 13.0 Å². The number of hydrogen-bond donors (Lipinski definition) is 1. The number of para-hydroxylation sites is 1. The van der Waals surface area contributed by atoms with Gasteiger partial charge in [0.15, 0.2) is 0 Å². The second kappa shape index (κ2) is 6.30. The molecule has 122 valence electrons. The van der Waals surface area contributed by atoms with Crippen LogP contribution in [0, 0.1) is 11.6 Å². The molecule has 1 N–H and O–H groups in total. The molecule has 1 amide bonds. The van der Waals surface area contributed by atoms with Crippen LogP contribution in [0.1, 0.15) is 27.2 Å². The van der Waals surface area contributed by atoms with Crippen molar-refractivity contribution < 1.29 is 18.7 Å². The van der Waals surface area contributed by atoms with E-state index in [0.29, 0.717) is 19.5 Å². The average molecular weight is 312 g/mol. The van der Waals surface area contributed by atoms with E-state index in [-0.39, 0.29) is 18.1 Å². The Bertz CT molecular complexity index is 537. The Balaban J connectivity index is 2.22. The van der Waals surface area contributed by atoms with Crippen molar-refractivity contribution in [3.05, 3.63) is 29.8 Å². The number of carbonyl (C=O) groups is 1. The van der Waals surface area contributed by atoms with E-state index in [1.54, 1.807) is 13.8 Å². The van der Waals surface area contributed by atoms with Gasteiger partial charge >= 0.3 is 0 Å². The first-order valence-electron chi connectivity index (χ1n) is 7.46. The van der Waals surface area contributed by atoms with E-state index in [4.69, 9.17) is 0 Å². The van der Waals surface area contributed by atoms with Crippen molar-refractivity contribution >= 4 is 11.6 Å². The van der Waals surface area contributed by atoms with E-state index in [9.17, 15) is 18.7 Å². The highest BCUT2D eigenvalue weighted by atomic mass is 19.1. The average Bonchev–Trinajstić information content (AvgIpc) is 2.77. The number of anilines is 1. The van der Waals surface area contributed by atoms with Crippen molar-refractivity contribution in [3.8, 4) is 0 Å². The van der Waals surface area contributed by atoms with Crippen LogP contribution in [0.15, 0.2) is 18.2 Å². The summed E-state index contributed by atoms with van der Waals surface area (Å²) in [5, 5.41) is 9.95. The molecule has 1 aromatic carbocycles. The van der Waals surface area contributed by atoms with Crippen molar-refractivity contribution in [2.75, 3.05) is 24.5 Å². The van der Waals surface area contributed by atoms with Crippen molar-refractivity contribution in [1.82, 2.24) is 4.90 Å². The fourth-order valence-electron chi connectivity index (χ4n) is 2.91. The molecule has 1 atom stereocenters. The number of halogens is 2. The van der Waals surface area contributed by atoms with Crippen LogP contribution in [0.25, 0.3) is 0 Å². The molecular weight excluding hydrogens is 290 g/mol. The third kappa shape index (κ3) is 3.44. The minimum atomic E-state index is -0.938. The highest BCUT2D eigenvalue weighted by Gasteiger charge is 2.39. The first kappa shape index (κ1) is 16.8. The van der Waals surface area contributed by atoms with Crippen LogP contribution >= 0.6 is 0 Å². The Kier molecular flexibility index (Phi) is 4.82. The maximum atomic E-state index is 13.9. The highest BCUT2D eigenvalue weighted by Crippen LogP contribution is 2.29. The van der Waals surface area contributed by atoms with Gasteiger partial charge in [-0.3, -0.25) is 9.69 Å². The summed E-state index contributed by atoms with van der Waals surface area (Å²) >= 11 is 0. The van der Waals surface area contributed by atoms with Crippen LogP contribution < -0.4 is 4.90 Å². The Morgan fingerprint density at radius 1 is 1.36 bits per heavy atom. The van der Waals surface area contributed by atoms with E-state index >= 15 is 0 Å². The minimum Gasteiger partial charge on any atom is -0.389 e. The van der Waals surface area contributed by atoms with Gasteiger partial charge in [0.1, 0.15) is 17.3 Å². The molecule has 6 heteroatoms. The lowest BCUT2D eigenvalue weighted by molar-refractivity contribution is -0.122. The van der Waals surface area contributed by atoms with Crippen LogP contribution in [0.4, 0.5) is 14.5 Å². The second-order valence-corrected chi connectivity index (χ2v) is 6.24. The molecule has 0 spiro atoms. The molecule has 1 saturated heterocycles. The topological polar surface area (TPSA) is 43.8 Å². The Morgan fingerprint density at radius 3 is 2.45 bits per heavy atom. The maximum absolute atomic E-state index is 13.9. The summed E-state index contributed by atoms with van der Waals surface area (Å²) in [4.78, 5) is 15.6. The number of rotatable bonds is 5. The third-order valence-electron chi connectivity index (χ3n) is 3.82. The lowest BCUT2D eigenvalue weighted by Crippen LogP contribution is -2.48. The fourth-order valence-corrected chi connectivity index (χ4v) is 2.91. The van der Waals surface area contributed by atoms with Gasteiger partial charge in [0, 0.05) is 13.1 Å². The Hall–Kier alpha value is -1.53. The van der Waals surface area contributed by atoms with Crippen LogP contribution in [0.5, 0.6) is 0 Å². The lowest BCUT2D eigenvalue weighted by atomic mass is 10.1. The summed E-state index contributed by atoms with van der Waals surface area (Å²) in [5.74, 6) is -1.80. The molecule has 2 rings (SSSR count). The first-order chi connectivity index (χ1) is 10.2. The number of likely N-dealkylation sites (N-methyl/N-ethyl adjacent to an activating group) is 1. The number of hydrogen-bond acceptors (Lipinski definition) is 3. The molecule has 1 unspecified atom stereocenters. The molecule has 4 nitrogen and oxygen atoms in total. The predicted molar refractivity (Wildman–Crippen MR) is 80.7 cm³/mol. The van der Waals surface area contributed by atoms with E-state index in [2.05, 4.69) is 0 Å². The molecule has 0 aromatic heterocycles. The SMILES string of the molecule is CCN(CC(C)(C)O)C1CCN(c2c(F)cccc2F)C1=O. The van der Waals surface area contributed by atoms with Gasteiger partial charge in [-0.15, -0.1) is 0 Å². The maximum Gasteiger partial charge on any atom is 0.244 e. The predicted octanol–water partition coefficient (Wildman–Crippen LogP) is 2.16. The molecule has 22 heavy (non-hydrogen) atoms. The summed E-state index contributed by atoms with van der Waals surface area (Å²) in [6, 6.07) is 3.11. The monoisotopic (exact) mass is 312 g/mol. The molecule has 1 heterocycles. The second-order valence-electron chi connectivity index (χ2n) is 6.24. The molecule has 1 aliphatic heterocycles. The van der Waals surface area contributed by atoms with E-state index in [1.165, 1.54) is 11.0 Å². The quantitative estimate of drug-likeness (QED) is 0.906. The van der Waals surface area contributed by atoms with Crippen LogP contribution in [-0.2, 0) is 4.79 Å². The first-order valence-corrected chi connectivity index (χ1v) is 7.46. The molecule has 0 radical (unpaired) electrons. The number of benzene rings is 1. The zero-order valence-corrected chi connectivity index (χ0v) is 13.1. The molecule has 0 saturated carbocycles. The lowest BCUT2D eigenvalue weighted by Gasteiger charge is -2.31. The molecule has 1 aliphatic rings. The number of aliphatic hydroxyl groups is 1. The van der Waals surface area contributed by atoms with Crippen molar-refractivity contribution in [2.24, 2.45) is 0 Å². The highest BCUT2D eigenvalue weighted by molar-refractivity contribution is 5.99. The van der Waals surface area contributed by atoms with Gasteiger partial charge in [0.05, 0.1) is 11.6 Å². The van der Waals surface area contributed by atoms with Gasteiger partial charge in [-0.05, 0) is 38.9 Å². The third-order valence-corrected chi connectivity index (χ3v) is 3.82. The van der Waals surface area contributed by atoms with Crippen LogP contribution in [-0.4, -0.2) is 47.2 Å². The standard InChI is InChI=1S/C16H22F2N2O2/c1-4-19(10-16(2,3)22)13-8-9-20(15(13)21)14-11(17)6-5-7-12(14)18/h5-7,13,22H,4,8-10H2,1-3H3. The number of amides is 1. The zero-order valence-electron chi connectivity index (χ0n) is 13.1. The summed E-state index contributed by atoms with van der Waals surface area (Å²) in [7, 11) is 0. The summed E-state index contributed by atoms with van der Waals surface area (Å²) < 4.78 is 27.7. The minimum absolute atomic E-state index is 0.268. The van der Waals surface area contributed by atoms with Gasteiger partial charge in [-0.2, -0.15) is 0 Å². The van der Waals surface area contributed by atoms with Gasteiger partial charge < -0.3 is 10.0 Å². The van der Waals surface area contributed by atoms with Crippen molar-refractivity contribution in [3.63, 3.8) is 0 Å². The van der Waals surface area contributed by atoms with Gasteiger partial charge in [-0.25, -0.2) is 8.78 Å². The summed E-state index contributed by atoms with van der Waals surface area (Å²) in [6.45, 7) is 6.41. The van der Waals surface area contributed by atoms with Crippen molar-refractivity contribution in [1.29, 1.82) is 0 Å². The van der Waals surface area contributed by atoms with Gasteiger partial charge in [0.2, 0.25) is 5.91 Å². The molecule has 0 aliphatic carbocycles. The molecule has 1 aromatic rings. The fraction of sp³-hybridized carbons (Fsp3) is 0.562. The molecular formula is C16H22F2N2O2. The van der Waals surface area contributed by atoms with E-state index < -0.39 is 23.3 Å². The normalized spacial score (nSPS) is 19.3. The number of nitrogens with zero attached hydrogens (tertiary/aromatic N) is 2. The molecule has 0 bridgehead atoms. The summed E-state index contributed by atoms with van der Waals surface area (Å²) in [5.41, 5.74) is -1.22. The van der Waals surface area contributed by atoms with Gasteiger partial charge in [0.25, 0.3) is 0 Å². The smallest absolute Gasteiger partial charge is 0.244 e. The summed E-state index contributed by atoms with van der Waals surface area (Å²) in [6.07, 6.45) is 0.483. The van der Waals surface area contributed by atoms with Crippen molar-refractivity contribution in [2.45, 2.75) is 38.8 Å². The van der Waals surface area contributed by atoms with Crippen LogP contribution in [0.3, 0.4) is 0 Å². The number of carbonyl (C=O) groups excluding carboxylic acids is 1. The zero-order chi connectivity index (χ0) is 16.5. The Labute approximate surface area is 129 Å². The molecule has 1 fully saturated rings.